The maximum atomic E-state index is 11.8. The third kappa shape index (κ3) is 5.44. The van der Waals surface area contributed by atoms with Gasteiger partial charge >= 0.3 is 6.09 Å². The molecule has 0 radical (unpaired) electrons. The second kappa shape index (κ2) is 6.93. The molecule has 0 fully saturated rings. The van der Waals surface area contributed by atoms with Crippen molar-refractivity contribution < 1.29 is 22.7 Å². The van der Waals surface area contributed by atoms with Crippen molar-refractivity contribution in [2.24, 2.45) is 0 Å². The van der Waals surface area contributed by atoms with Crippen LogP contribution >= 0.6 is 0 Å². The van der Waals surface area contributed by atoms with Crippen LogP contribution in [0.5, 0.6) is 5.75 Å². The molecular weight excluding hydrogens is 320 g/mol. The first-order valence-electron chi connectivity index (χ1n) is 6.49. The number of nitrogens with one attached hydrogen (secondary N) is 2. The fraction of sp³-hybridized carbons (Fsp3) is 0.0667. The van der Waals surface area contributed by atoms with Gasteiger partial charge in [0.25, 0.3) is 5.91 Å². The summed E-state index contributed by atoms with van der Waals surface area (Å²) in [6.45, 7) is 0. The molecule has 0 aliphatic rings. The summed E-state index contributed by atoms with van der Waals surface area (Å²) in [4.78, 5) is 23.5. The van der Waals surface area contributed by atoms with Gasteiger partial charge in [-0.3, -0.25) is 10.1 Å². The third-order valence-corrected chi connectivity index (χ3v) is 3.16. The number of hydrogen-bond acceptors (Lipinski definition) is 5. The largest absolute Gasteiger partial charge is 0.417 e. The Morgan fingerprint density at radius 1 is 1.00 bits per heavy atom. The lowest BCUT2D eigenvalue weighted by atomic mass is 10.2. The van der Waals surface area contributed by atoms with Gasteiger partial charge in [-0.15, -0.1) is 0 Å². The van der Waals surface area contributed by atoms with Crippen LogP contribution in [0.4, 0.5) is 10.5 Å². The van der Waals surface area contributed by atoms with Crippen LogP contribution in [0.1, 0.15) is 10.4 Å². The van der Waals surface area contributed by atoms with Crippen LogP contribution < -0.4 is 14.8 Å². The summed E-state index contributed by atoms with van der Waals surface area (Å²) in [6, 6.07) is 14.3. The van der Waals surface area contributed by atoms with Gasteiger partial charge in [0.15, 0.2) is 0 Å². The van der Waals surface area contributed by atoms with Gasteiger partial charge in [0, 0.05) is 11.3 Å². The summed E-state index contributed by atoms with van der Waals surface area (Å²) < 4.78 is 29.0. The molecule has 2 amide bonds. The molecule has 0 bridgehead atoms. The summed E-state index contributed by atoms with van der Waals surface area (Å²) >= 11 is 0. The van der Waals surface area contributed by atoms with Crippen LogP contribution in [-0.4, -0.2) is 26.7 Å². The van der Waals surface area contributed by atoms with Crippen LogP contribution in [0.2, 0.25) is 0 Å². The van der Waals surface area contributed by atoms with E-state index in [4.69, 9.17) is 4.74 Å². The first kappa shape index (κ1) is 16.5. The minimum atomic E-state index is -3.66. The normalized spacial score (nSPS) is 10.7. The molecule has 2 aromatic carbocycles. The number of anilines is 1. The highest BCUT2D eigenvalue weighted by molar-refractivity contribution is 7.89. The Kier molecular flexibility index (Phi) is 4.97. The third-order valence-electron chi connectivity index (χ3n) is 2.60. The molecule has 0 saturated carbocycles. The highest BCUT2D eigenvalue weighted by atomic mass is 32.2. The van der Waals surface area contributed by atoms with Gasteiger partial charge in [-0.1, -0.05) is 24.3 Å². The maximum Gasteiger partial charge on any atom is 0.417 e. The maximum absolute atomic E-state index is 11.8. The van der Waals surface area contributed by atoms with Crippen molar-refractivity contribution in [1.29, 1.82) is 0 Å². The molecule has 8 heteroatoms. The number of benzene rings is 2. The molecule has 0 saturated heterocycles. The number of hydrogen-bond donors (Lipinski definition) is 2. The van der Waals surface area contributed by atoms with Gasteiger partial charge in [0.1, 0.15) is 5.75 Å². The lowest BCUT2D eigenvalue weighted by molar-refractivity contribution is 0.0981. The molecule has 0 spiro atoms. The lowest BCUT2D eigenvalue weighted by Gasteiger charge is -2.08. The predicted octanol–water partition coefficient (Wildman–Crippen LogP) is 1.99. The topological polar surface area (TPSA) is 102 Å². The van der Waals surface area contributed by atoms with E-state index in [0.717, 1.165) is 6.26 Å². The zero-order valence-electron chi connectivity index (χ0n) is 12.1. The van der Waals surface area contributed by atoms with Crippen molar-refractivity contribution in [3.63, 3.8) is 0 Å². The van der Waals surface area contributed by atoms with Crippen LogP contribution in [0.15, 0.2) is 54.6 Å². The first-order valence-corrected chi connectivity index (χ1v) is 8.39. The summed E-state index contributed by atoms with van der Waals surface area (Å²) in [6.07, 6.45) is 0.154. The fourth-order valence-electron chi connectivity index (χ4n) is 1.70. The molecule has 0 aliphatic heterocycles. The smallest absolute Gasteiger partial charge is 0.410 e. The molecule has 0 unspecified atom stereocenters. The highest BCUT2D eigenvalue weighted by Crippen LogP contribution is 2.13. The van der Waals surface area contributed by atoms with E-state index in [1.165, 1.54) is 18.2 Å². The van der Waals surface area contributed by atoms with Crippen molar-refractivity contribution in [1.82, 2.24) is 4.72 Å². The van der Waals surface area contributed by atoms with E-state index in [1.807, 2.05) is 4.72 Å². The average molecular weight is 334 g/mol. The van der Waals surface area contributed by atoms with E-state index >= 15 is 0 Å². The predicted molar refractivity (Wildman–Crippen MR) is 84.8 cm³/mol. The number of ether oxygens (including phenoxy) is 1. The molecule has 23 heavy (non-hydrogen) atoms. The van der Waals surface area contributed by atoms with Crippen molar-refractivity contribution in [3.8, 4) is 5.75 Å². The number of amides is 2. The van der Waals surface area contributed by atoms with E-state index in [0.29, 0.717) is 11.4 Å². The first-order chi connectivity index (χ1) is 10.8. The molecule has 0 atom stereocenters. The quantitative estimate of drug-likeness (QED) is 0.890. The summed E-state index contributed by atoms with van der Waals surface area (Å²) in [5.41, 5.74) is 0.389. The van der Waals surface area contributed by atoms with Crippen LogP contribution in [0, 0.1) is 0 Å². The van der Waals surface area contributed by atoms with Crippen LogP contribution in [0.25, 0.3) is 0 Å². The highest BCUT2D eigenvalue weighted by Gasteiger charge is 2.12. The van der Waals surface area contributed by atoms with Crippen molar-refractivity contribution in [2.45, 2.75) is 0 Å². The minimum Gasteiger partial charge on any atom is -0.410 e. The zero-order chi connectivity index (χ0) is 16.9. The summed E-state index contributed by atoms with van der Waals surface area (Å²) in [7, 11) is -3.66. The zero-order valence-corrected chi connectivity index (χ0v) is 13.0. The number of carbonyl (C=O) groups excluding carboxylic acids is 2. The molecule has 2 rings (SSSR count). The van der Waals surface area contributed by atoms with Crippen LogP contribution in [-0.2, 0) is 10.0 Å². The molecule has 7 nitrogen and oxygen atoms in total. The lowest BCUT2D eigenvalue weighted by Crippen LogP contribution is -2.29. The molecule has 2 aromatic rings. The SMILES string of the molecule is CS(=O)(=O)NC(=O)c1cccc(NC(=O)Oc2ccccc2)c1. The van der Waals surface area contributed by atoms with Crippen molar-refractivity contribution in [3.05, 3.63) is 60.2 Å². The number of para-hydroxylation sites is 1. The Morgan fingerprint density at radius 3 is 2.35 bits per heavy atom. The number of rotatable bonds is 4. The van der Waals surface area contributed by atoms with E-state index in [9.17, 15) is 18.0 Å². The van der Waals surface area contributed by atoms with E-state index in [2.05, 4.69) is 5.32 Å². The van der Waals surface area contributed by atoms with Gasteiger partial charge in [-0.05, 0) is 30.3 Å². The Morgan fingerprint density at radius 2 is 1.70 bits per heavy atom. The van der Waals surface area contributed by atoms with Gasteiger partial charge in [0.2, 0.25) is 10.0 Å². The Labute approximate surface area is 133 Å². The second-order valence-electron chi connectivity index (χ2n) is 4.61. The monoisotopic (exact) mass is 334 g/mol. The van der Waals surface area contributed by atoms with E-state index in [1.54, 1.807) is 36.4 Å². The standard InChI is InChI=1S/C15H14N2O5S/c1-23(20,21)17-14(18)11-6-5-7-12(10-11)16-15(19)22-13-8-3-2-4-9-13/h2-10H,1H3,(H,16,19)(H,17,18). The molecule has 120 valence electrons. The second-order valence-corrected chi connectivity index (χ2v) is 6.36. The van der Waals surface area contributed by atoms with Gasteiger partial charge < -0.3 is 4.74 Å². The van der Waals surface area contributed by atoms with Crippen molar-refractivity contribution >= 4 is 27.7 Å². The number of sulfonamides is 1. The van der Waals surface area contributed by atoms with Gasteiger partial charge in [0.05, 0.1) is 6.26 Å². The molecule has 0 aliphatic carbocycles. The summed E-state index contributed by atoms with van der Waals surface area (Å²) in [5.74, 6) is -0.413. The van der Waals surface area contributed by atoms with E-state index < -0.39 is 22.0 Å². The average Bonchev–Trinajstić information content (AvgIpc) is 2.46. The van der Waals surface area contributed by atoms with Gasteiger partial charge in [-0.2, -0.15) is 0 Å². The molecule has 0 heterocycles. The number of carbonyl (C=O) groups is 2. The molecule has 0 aromatic heterocycles. The van der Waals surface area contributed by atoms with Crippen molar-refractivity contribution in [2.75, 3.05) is 11.6 Å². The van der Waals surface area contributed by atoms with Gasteiger partial charge in [-0.25, -0.2) is 17.9 Å². The Bertz CT molecular complexity index is 819. The molecular formula is C15H14N2O5S. The minimum absolute atomic E-state index is 0.0907. The fourth-order valence-corrected chi connectivity index (χ4v) is 2.16. The summed E-state index contributed by atoms with van der Waals surface area (Å²) in [5, 5.41) is 2.46. The van der Waals surface area contributed by atoms with E-state index in [-0.39, 0.29) is 5.56 Å². The molecule has 2 N–H and O–H groups in total. The van der Waals surface area contributed by atoms with Crippen LogP contribution in [0.3, 0.4) is 0 Å². The Balaban J connectivity index is 2.05. The Hall–Kier alpha value is -2.87.